The standard InChI is InChI=1S/C25H25FN2O2/c1-3-22(29)28-15-12-25(26,13-16-28)24(30)20-8-6-18(7-9-20)21-11-10-19-5-4-14-27-23(19)17(21)2/h4-11,14H,3,12-13,15-16H2,1-2H3. The molecule has 2 heterocycles. The molecule has 5 heteroatoms. The molecular formula is C25H25FN2O2. The molecule has 0 unspecified atom stereocenters. The number of benzene rings is 2. The minimum atomic E-state index is -1.91. The van der Waals surface area contributed by atoms with Crippen LogP contribution < -0.4 is 0 Å². The molecule has 3 aromatic rings. The van der Waals surface area contributed by atoms with Crippen molar-refractivity contribution in [1.82, 2.24) is 9.88 Å². The van der Waals surface area contributed by atoms with E-state index in [9.17, 15) is 9.59 Å². The van der Waals surface area contributed by atoms with Gasteiger partial charge in [0.05, 0.1) is 5.52 Å². The van der Waals surface area contributed by atoms with Gasteiger partial charge in [0.25, 0.3) is 0 Å². The number of pyridine rings is 1. The van der Waals surface area contributed by atoms with Crippen LogP contribution in [0, 0.1) is 6.92 Å². The molecule has 0 saturated carbocycles. The quantitative estimate of drug-likeness (QED) is 0.566. The Hall–Kier alpha value is -3.08. The molecule has 0 atom stereocenters. The number of hydrogen-bond donors (Lipinski definition) is 0. The van der Waals surface area contributed by atoms with Crippen LogP contribution in [0.1, 0.15) is 42.1 Å². The van der Waals surface area contributed by atoms with Gasteiger partial charge in [-0.25, -0.2) is 4.39 Å². The van der Waals surface area contributed by atoms with Gasteiger partial charge in [0.1, 0.15) is 0 Å². The second kappa shape index (κ2) is 7.98. The highest BCUT2D eigenvalue weighted by molar-refractivity contribution is 6.03. The molecule has 30 heavy (non-hydrogen) atoms. The lowest BCUT2D eigenvalue weighted by Crippen LogP contribution is -2.48. The van der Waals surface area contributed by atoms with E-state index < -0.39 is 11.5 Å². The van der Waals surface area contributed by atoms with E-state index in [0.717, 1.165) is 27.6 Å². The van der Waals surface area contributed by atoms with Crippen LogP contribution in [-0.2, 0) is 4.79 Å². The van der Waals surface area contributed by atoms with Crippen LogP contribution in [0.2, 0.25) is 0 Å². The molecular weight excluding hydrogens is 379 g/mol. The number of alkyl halides is 1. The van der Waals surface area contributed by atoms with Crippen LogP contribution in [0.5, 0.6) is 0 Å². The number of likely N-dealkylation sites (tertiary alicyclic amines) is 1. The van der Waals surface area contributed by atoms with Crippen molar-refractivity contribution in [3.8, 4) is 11.1 Å². The summed E-state index contributed by atoms with van der Waals surface area (Å²) in [5.41, 5.74) is 2.49. The van der Waals surface area contributed by atoms with Gasteiger partial charge in [0.2, 0.25) is 5.91 Å². The van der Waals surface area contributed by atoms with Crippen molar-refractivity contribution in [2.24, 2.45) is 0 Å². The fourth-order valence-electron chi connectivity index (χ4n) is 4.23. The third kappa shape index (κ3) is 3.60. The van der Waals surface area contributed by atoms with Gasteiger partial charge in [-0.2, -0.15) is 0 Å². The maximum Gasteiger partial charge on any atom is 0.222 e. The summed E-state index contributed by atoms with van der Waals surface area (Å²) in [5.74, 6) is -0.483. The van der Waals surface area contributed by atoms with Gasteiger partial charge in [-0.05, 0) is 29.7 Å². The van der Waals surface area contributed by atoms with Crippen LogP contribution in [0.25, 0.3) is 22.0 Å². The Morgan fingerprint density at radius 3 is 2.43 bits per heavy atom. The van der Waals surface area contributed by atoms with Crippen molar-refractivity contribution in [3.05, 3.63) is 65.9 Å². The zero-order chi connectivity index (χ0) is 21.3. The number of hydrogen-bond acceptors (Lipinski definition) is 3. The molecule has 1 fully saturated rings. The number of Topliss-reactive ketones (excluding diaryl/α,β-unsaturated/α-hetero) is 1. The van der Waals surface area contributed by atoms with Gasteiger partial charge in [0.15, 0.2) is 11.5 Å². The Morgan fingerprint density at radius 1 is 1.07 bits per heavy atom. The number of aryl methyl sites for hydroxylation is 1. The van der Waals surface area contributed by atoms with Crippen LogP contribution in [0.15, 0.2) is 54.7 Å². The van der Waals surface area contributed by atoms with Crippen molar-refractivity contribution in [1.29, 1.82) is 0 Å². The van der Waals surface area contributed by atoms with E-state index in [1.165, 1.54) is 0 Å². The van der Waals surface area contributed by atoms with E-state index in [1.807, 2.05) is 43.3 Å². The number of halogens is 1. The van der Waals surface area contributed by atoms with E-state index >= 15 is 4.39 Å². The molecule has 1 amide bonds. The first-order chi connectivity index (χ1) is 14.4. The fourth-order valence-corrected chi connectivity index (χ4v) is 4.23. The highest BCUT2D eigenvalue weighted by atomic mass is 19.1. The predicted octanol–water partition coefficient (Wildman–Crippen LogP) is 5.13. The van der Waals surface area contributed by atoms with Crippen molar-refractivity contribution in [3.63, 3.8) is 0 Å². The largest absolute Gasteiger partial charge is 0.342 e. The smallest absolute Gasteiger partial charge is 0.222 e. The first kappa shape index (κ1) is 20.2. The molecule has 0 aliphatic carbocycles. The molecule has 1 saturated heterocycles. The Balaban J connectivity index is 1.55. The number of carbonyl (C=O) groups excluding carboxylic acids is 2. The van der Waals surface area contributed by atoms with E-state index in [2.05, 4.69) is 4.98 Å². The highest BCUT2D eigenvalue weighted by Gasteiger charge is 2.42. The Kier molecular flexibility index (Phi) is 5.37. The van der Waals surface area contributed by atoms with Crippen molar-refractivity contribution in [2.75, 3.05) is 13.1 Å². The summed E-state index contributed by atoms with van der Waals surface area (Å²) < 4.78 is 15.4. The third-order valence-corrected chi connectivity index (χ3v) is 6.10. The molecule has 1 aliphatic heterocycles. The number of carbonyl (C=O) groups is 2. The lowest BCUT2D eigenvalue weighted by atomic mass is 9.85. The van der Waals surface area contributed by atoms with Gasteiger partial charge in [-0.3, -0.25) is 14.6 Å². The topological polar surface area (TPSA) is 50.3 Å². The molecule has 2 aromatic carbocycles. The minimum Gasteiger partial charge on any atom is -0.342 e. The van der Waals surface area contributed by atoms with Crippen LogP contribution in [0.3, 0.4) is 0 Å². The number of fused-ring (bicyclic) bond motifs is 1. The van der Waals surface area contributed by atoms with Crippen molar-refractivity contribution in [2.45, 2.75) is 38.8 Å². The average Bonchev–Trinajstić information content (AvgIpc) is 2.79. The lowest BCUT2D eigenvalue weighted by Gasteiger charge is -2.35. The first-order valence-corrected chi connectivity index (χ1v) is 10.4. The number of amides is 1. The Labute approximate surface area is 175 Å². The predicted molar refractivity (Wildman–Crippen MR) is 116 cm³/mol. The van der Waals surface area contributed by atoms with E-state index in [-0.39, 0.29) is 31.8 Å². The molecule has 0 bridgehead atoms. The summed E-state index contributed by atoms with van der Waals surface area (Å²) in [6.07, 6.45) is 2.28. The molecule has 0 radical (unpaired) electrons. The van der Waals surface area contributed by atoms with Gasteiger partial charge < -0.3 is 4.90 Å². The average molecular weight is 404 g/mol. The monoisotopic (exact) mass is 404 g/mol. The second-order valence-corrected chi connectivity index (χ2v) is 7.92. The summed E-state index contributed by atoms with van der Waals surface area (Å²) in [5, 5.41) is 1.08. The molecule has 4 nitrogen and oxygen atoms in total. The van der Waals surface area contributed by atoms with E-state index in [0.29, 0.717) is 12.0 Å². The Morgan fingerprint density at radius 2 is 1.77 bits per heavy atom. The number of ketones is 1. The molecule has 4 rings (SSSR count). The maximum atomic E-state index is 15.4. The number of piperidine rings is 1. The minimum absolute atomic E-state index is 0.00842. The normalized spacial score (nSPS) is 15.9. The third-order valence-electron chi connectivity index (χ3n) is 6.10. The summed E-state index contributed by atoms with van der Waals surface area (Å²) >= 11 is 0. The van der Waals surface area contributed by atoms with Crippen LogP contribution in [0.4, 0.5) is 4.39 Å². The summed E-state index contributed by atoms with van der Waals surface area (Å²) in [4.78, 5) is 30.8. The van der Waals surface area contributed by atoms with E-state index in [1.54, 1.807) is 30.2 Å². The number of nitrogens with zero attached hydrogens (tertiary/aromatic N) is 2. The summed E-state index contributed by atoms with van der Waals surface area (Å²) in [7, 11) is 0. The van der Waals surface area contributed by atoms with Gasteiger partial charge in [-0.15, -0.1) is 0 Å². The van der Waals surface area contributed by atoms with Gasteiger partial charge >= 0.3 is 0 Å². The molecule has 0 spiro atoms. The van der Waals surface area contributed by atoms with Crippen LogP contribution >= 0.6 is 0 Å². The van der Waals surface area contributed by atoms with Crippen LogP contribution in [-0.4, -0.2) is 40.3 Å². The van der Waals surface area contributed by atoms with Crippen molar-refractivity contribution >= 4 is 22.6 Å². The molecule has 1 aromatic heterocycles. The maximum absolute atomic E-state index is 15.4. The molecule has 154 valence electrons. The zero-order valence-corrected chi connectivity index (χ0v) is 17.3. The van der Waals surface area contributed by atoms with E-state index in [4.69, 9.17) is 0 Å². The summed E-state index contributed by atoms with van der Waals surface area (Å²) in [6.45, 7) is 4.40. The summed E-state index contributed by atoms with van der Waals surface area (Å²) in [6, 6.07) is 15.2. The zero-order valence-electron chi connectivity index (χ0n) is 17.3. The highest BCUT2D eigenvalue weighted by Crippen LogP contribution is 2.33. The SMILES string of the molecule is CCC(=O)N1CCC(F)(C(=O)c2ccc(-c3ccc4cccnc4c3C)cc2)CC1. The van der Waals surface area contributed by atoms with Gasteiger partial charge in [-0.1, -0.05) is 49.4 Å². The van der Waals surface area contributed by atoms with Gasteiger partial charge in [0, 0.05) is 49.5 Å². The molecule has 0 N–H and O–H groups in total. The number of aromatic nitrogens is 1. The number of rotatable bonds is 4. The second-order valence-electron chi connectivity index (χ2n) is 7.92. The van der Waals surface area contributed by atoms with Crippen molar-refractivity contribution < 1.29 is 14.0 Å². The lowest BCUT2D eigenvalue weighted by molar-refractivity contribution is -0.133. The Bertz CT molecular complexity index is 1100. The first-order valence-electron chi connectivity index (χ1n) is 10.4. The fraction of sp³-hybridized carbons (Fsp3) is 0.320. The molecule has 1 aliphatic rings.